The zero-order valence-electron chi connectivity index (χ0n) is 6.29. The average molecular weight is 1080 g/mol. The topological polar surface area (TPSA) is 163 Å². The predicted molar refractivity (Wildman–Crippen MR) is 29.3 cm³/mol. The summed E-state index contributed by atoms with van der Waals surface area (Å²) in [5.41, 5.74) is 0. The third-order valence-electron chi connectivity index (χ3n) is 0. The summed E-state index contributed by atoms with van der Waals surface area (Å²) in [6.45, 7) is 0. The Balaban J connectivity index is -0.0000000184. The second kappa shape index (κ2) is 30.8. The van der Waals surface area contributed by atoms with Crippen molar-refractivity contribution in [1.29, 1.82) is 0 Å². The first-order chi connectivity index (χ1) is 5.20. The van der Waals surface area contributed by atoms with Crippen LogP contribution in [0.4, 0.5) is 0 Å². The van der Waals surface area contributed by atoms with Gasteiger partial charge in [-0.15, -0.1) is 0 Å². The minimum absolute atomic E-state index is 0. The van der Waals surface area contributed by atoms with Gasteiger partial charge >= 0.3 is 158 Å². The van der Waals surface area contributed by atoms with E-state index in [4.69, 9.17) is 30.3 Å². The molecule has 0 aromatic carbocycles. The Hall–Kier alpha value is 4.00. The third-order valence-corrected chi connectivity index (χ3v) is 0. The Kier molecular flexibility index (Phi) is 74.8. The molecule has 0 aromatic heterocycles. The predicted octanol–water partition coefficient (Wildman–Crippen LogP) is -4.49. The molecular formula is H8BiNbO9SrTa3. The van der Waals surface area contributed by atoms with E-state index in [2.05, 4.69) is 0 Å². The van der Waals surface area contributed by atoms with E-state index < -0.39 is 56.4 Å². The van der Waals surface area contributed by atoms with Crippen LogP contribution in [0.1, 0.15) is 0 Å². The first-order valence-electron chi connectivity index (χ1n) is 1.70. The van der Waals surface area contributed by atoms with Crippen molar-refractivity contribution >= 4 is 71.7 Å². The molecule has 9 nitrogen and oxygen atoms in total. The summed E-state index contributed by atoms with van der Waals surface area (Å²) in [6, 6.07) is 0. The molecule has 15 heavy (non-hydrogen) atoms. The molecule has 1 radical (unpaired) electrons. The molecule has 0 heterocycles. The minimum atomic E-state index is -4.09. The van der Waals surface area contributed by atoms with Crippen molar-refractivity contribution in [2.24, 2.45) is 0 Å². The van der Waals surface area contributed by atoms with Gasteiger partial charge in [-0.05, 0) is 0 Å². The van der Waals surface area contributed by atoms with Crippen molar-refractivity contribution in [3.8, 4) is 0 Å². The van der Waals surface area contributed by atoms with Gasteiger partial charge in [-0.1, -0.05) is 0 Å². The molecule has 0 aliphatic heterocycles. The zero-order valence-corrected chi connectivity index (χ0v) is 23.6. The quantitative estimate of drug-likeness (QED) is 0.203. The van der Waals surface area contributed by atoms with Crippen LogP contribution in [0, 0.1) is 0 Å². The molecule has 0 spiro atoms. The van der Waals surface area contributed by atoms with Crippen LogP contribution in [-0.2, 0) is 98.2 Å². The van der Waals surface area contributed by atoms with Gasteiger partial charge in [0.2, 0.25) is 0 Å². The van der Waals surface area contributed by atoms with Crippen LogP contribution in [-0.4, -0.2) is 82.5 Å². The summed E-state index contributed by atoms with van der Waals surface area (Å²) >= 11 is -12.3. The molecule has 0 fully saturated rings. The second-order valence-corrected chi connectivity index (χ2v) is 5.84. The van der Waals surface area contributed by atoms with Crippen LogP contribution in [0.2, 0.25) is 0 Å². The van der Waals surface area contributed by atoms with E-state index in [1.54, 1.807) is 0 Å². The molecule has 3 N–H and O–H groups in total. The first kappa shape index (κ1) is 36.4. The standard InChI is InChI=1S/Bi.Nb.3H2O.6O.Sr.3Ta.5H/h;;3*1H2;;;;;;;;;;;;;;;/q;;;;;;;;;;;;3*+1;;;;;/p-3. The summed E-state index contributed by atoms with van der Waals surface area (Å²) in [4.78, 5) is 0. The van der Waals surface area contributed by atoms with Crippen LogP contribution in [0.5, 0.6) is 0 Å². The van der Waals surface area contributed by atoms with Gasteiger partial charge in [0.25, 0.3) is 0 Å². The Labute approximate surface area is 176 Å². The number of hydrogen-bond donors (Lipinski definition) is 3. The molecule has 0 atom stereocenters. The van der Waals surface area contributed by atoms with E-state index in [9.17, 15) is 0 Å². The average Bonchev–Trinajstić information content (AvgIpc) is 1.54. The summed E-state index contributed by atoms with van der Waals surface area (Å²) in [5.74, 6) is 0. The SMILES string of the molecule is [BiH3].[Nb].[O]=[Ta](=[O])[OH].[O]=[Ta](=[O])[OH].[O]=[Ta](=[O])[OH].[SrH2]. The van der Waals surface area contributed by atoms with E-state index in [-0.39, 0.29) is 94.1 Å². The Morgan fingerprint density at radius 3 is 0.600 bits per heavy atom. The molecule has 0 rings (SSSR count). The molecule has 0 bridgehead atoms. The maximum absolute atomic E-state index is 8.73. The Bertz CT molecular complexity index is 218. The van der Waals surface area contributed by atoms with Gasteiger partial charge < -0.3 is 0 Å². The molecule has 15 heteroatoms. The van der Waals surface area contributed by atoms with Gasteiger partial charge in [0.1, 0.15) is 0 Å². The molecule has 0 saturated heterocycles. The summed E-state index contributed by atoms with van der Waals surface area (Å²) in [7, 11) is 0. The van der Waals surface area contributed by atoms with Gasteiger partial charge in [0.15, 0.2) is 0 Å². The van der Waals surface area contributed by atoms with Crippen molar-refractivity contribution in [2.75, 3.05) is 0 Å². The Morgan fingerprint density at radius 2 is 0.600 bits per heavy atom. The van der Waals surface area contributed by atoms with Gasteiger partial charge in [0.05, 0.1) is 0 Å². The third kappa shape index (κ3) is 288. The van der Waals surface area contributed by atoms with Crippen molar-refractivity contribution in [3.63, 3.8) is 0 Å². The van der Waals surface area contributed by atoms with Crippen molar-refractivity contribution in [2.45, 2.75) is 0 Å². The fourth-order valence-corrected chi connectivity index (χ4v) is 0. The van der Waals surface area contributed by atoms with Crippen molar-refractivity contribution in [1.82, 2.24) is 0 Å². The van der Waals surface area contributed by atoms with Crippen LogP contribution in [0.15, 0.2) is 0 Å². The molecule has 0 amide bonds. The van der Waals surface area contributed by atoms with E-state index in [1.807, 2.05) is 0 Å². The number of hydrogen-bond acceptors (Lipinski definition) is 6. The molecule has 0 unspecified atom stereocenters. The van der Waals surface area contributed by atoms with Gasteiger partial charge in [-0.3, -0.25) is 0 Å². The monoisotopic (exact) mass is 1080 g/mol. The summed E-state index contributed by atoms with van der Waals surface area (Å²) in [6.07, 6.45) is 0. The molecule has 0 aromatic rings. The fourth-order valence-electron chi connectivity index (χ4n) is 0. The zero-order chi connectivity index (χ0) is 10.7. The van der Waals surface area contributed by atoms with Crippen LogP contribution < -0.4 is 0 Å². The molecule has 0 aliphatic carbocycles. The van der Waals surface area contributed by atoms with E-state index in [1.165, 1.54) is 0 Å². The van der Waals surface area contributed by atoms with Crippen LogP contribution >= 0.6 is 0 Å². The first-order valence-corrected chi connectivity index (χ1v) is 13.9. The van der Waals surface area contributed by atoms with Gasteiger partial charge in [-0.2, -0.15) is 0 Å². The van der Waals surface area contributed by atoms with Crippen molar-refractivity contribution in [3.05, 3.63) is 0 Å². The second-order valence-electron chi connectivity index (χ2n) is 0.714. The Morgan fingerprint density at radius 1 is 0.600 bits per heavy atom. The van der Waals surface area contributed by atoms with Crippen LogP contribution in [0.3, 0.4) is 0 Å². The molecular weight excluding hydrogens is 1080 g/mol. The fraction of sp³-hybridized carbons (Fsp3) is 0. The van der Waals surface area contributed by atoms with Gasteiger partial charge in [0, 0.05) is 22.4 Å². The van der Waals surface area contributed by atoms with E-state index in [0.29, 0.717) is 0 Å². The normalized spacial score (nSPS) is 5.00. The molecule has 0 saturated carbocycles. The number of rotatable bonds is 0. The summed E-state index contributed by atoms with van der Waals surface area (Å²) < 4.78 is 73.8. The molecule has 89 valence electrons. The van der Waals surface area contributed by atoms with Crippen molar-refractivity contribution < 1.29 is 109 Å². The van der Waals surface area contributed by atoms with E-state index >= 15 is 0 Å². The molecule has 0 aliphatic rings. The van der Waals surface area contributed by atoms with Gasteiger partial charge in [-0.25, -0.2) is 0 Å². The van der Waals surface area contributed by atoms with E-state index in [0.717, 1.165) is 0 Å². The maximum atomic E-state index is 8.73. The van der Waals surface area contributed by atoms with Crippen LogP contribution in [0.25, 0.3) is 0 Å². The summed E-state index contributed by atoms with van der Waals surface area (Å²) in [5, 5.41) is 0.